The number of anilines is 2. The molecule has 1 aromatic carbocycles. The maximum absolute atomic E-state index is 8.00. The first-order valence-electron chi connectivity index (χ1n) is 2.62. The van der Waals surface area contributed by atoms with E-state index in [-0.39, 0.29) is 0 Å². The Morgan fingerprint density at radius 1 is 1.11 bits per heavy atom. The zero-order valence-electron chi connectivity index (χ0n) is 4.92. The molecule has 1 N–H and O–H groups in total. The molecule has 0 aliphatic carbocycles. The second-order valence-electron chi connectivity index (χ2n) is 1.67. The molecule has 0 saturated carbocycles. The summed E-state index contributed by atoms with van der Waals surface area (Å²) < 4.78 is 0. The van der Waals surface area contributed by atoms with Crippen LogP contribution in [0.4, 0.5) is 11.4 Å². The molecule has 1 aliphatic rings. The van der Waals surface area contributed by atoms with Crippen molar-refractivity contribution < 1.29 is 4.79 Å². The standard InChI is InChI=1S/C6H5N.CH2O/c1-2-4-6-5(3-1)7-6;1-2/h1-4,7H;1H2. The topological polar surface area (TPSA) is 39.0 Å². The molecule has 0 fully saturated rings. The number of rotatable bonds is 0. The number of nitrogens with one attached hydrogen (secondary N) is 1. The summed E-state index contributed by atoms with van der Waals surface area (Å²) >= 11 is 0. The molecule has 0 radical (unpaired) electrons. The van der Waals surface area contributed by atoms with Crippen LogP contribution in [0, 0.1) is 0 Å². The van der Waals surface area contributed by atoms with Gasteiger partial charge in [-0.25, -0.2) is 0 Å². The van der Waals surface area contributed by atoms with Gasteiger partial charge in [-0.2, -0.15) is 0 Å². The molecular formula is C7H7NO. The highest BCUT2D eigenvalue weighted by Gasteiger charge is 2.10. The number of hydrogen-bond acceptors (Lipinski definition) is 2. The van der Waals surface area contributed by atoms with Crippen molar-refractivity contribution in [2.24, 2.45) is 0 Å². The first-order chi connectivity index (χ1) is 4.47. The van der Waals surface area contributed by atoms with Crippen molar-refractivity contribution in [2.75, 3.05) is 5.32 Å². The molecule has 9 heavy (non-hydrogen) atoms. The number of para-hydroxylation sites is 2. The van der Waals surface area contributed by atoms with Crippen LogP contribution in [0.2, 0.25) is 0 Å². The Labute approximate surface area is 53.5 Å². The molecule has 2 rings (SSSR count). The van der Waals surface area contributed by atoms with Crippen molar-refractivity contribution in [2.45, 2.75) is 0 Å². The predicted molar refractivity (Wildman–Crippen MR) is 36.8 cm³/mol. The van der Waals surface area contributed by atoms with Gasteiger partial charge in [0.1, 0.15) is 6.79 Å². The molecule has 0 bridgehead atoms. The van der Waals surface area contributed by atoms with Gasteiger partial charge in [0.2, 0.25) is 0 Å². The monoisotopic (exact) mass is 121 g/mol. The van der Waals surface area contributed by atoms with E-state index < -0.39 is 0 Å². The molecule has 0 aromatic heterocycles. The van der Waals surface area contributed by atoms with Crippen molar-refractivity contribution in [1.29, 1.82) is 0 Å². The zero-order chi connectivity index (χ0) is 6.69. The fraction of sp³-hybridized carbons (Fsp3) is 0. The van der Waals surface area contributed by atoms with Gasteiger partial charge >= 0.3 is 0 Å². The van der Waals surface area contributed by atoms with E-state index in [1.807, 2.05) is 18.9 Å². The Balaban J connectivity index is 0.000000186. The normalized spacial score (nSPS) is 9.78. The second-order valence-corrected chi connectivity index (χ2v) is 1.67. The van der Waals surface area contributed by atoms with E-state index in [2.05, 4.69) is 17.4 Å². The van der Waals surface area contributed by atoms with Crippen LogP contribution in [0.25, 0.3) is 0 Å². The molecule has 1 aromatic rings. The molecule has 0 saturated heterocycles. The van der Waals surface area contributed by atoms with Crippen LogP contribution in [-0.4, -0.2) is 6.79 Å². The summed E-state index contributed by atoms with van der Waals surface area (Å²) in [7, 11) is 0. The molecule has 46 valence electrons. The quantitative estimate of drug-likeness (QED) is 0.537. The van der Waals surface area contributed by atoms with E-state index in [0.29, 0.717) is 0 Å². The van der Waals surface area contributed by atoms with E-state index in [1.165, 1.54) is 11.4 Å². The second kappa shape index (κ2) is 2.31. The SMILES string of the molecule is C=O.c1ccc2c(c1)N2. The van der Waals surface area contributed by atoms with Crippen LogP contribution >= 0.6 is 0 Å². The Hall–Kier alpha value is -1.31. The molecule has 1 aliphatic heterocycles. The van der Waals surface area contributed by atoms with E-state index in [0.717, 1.165) is 0 Å². The first kappa shape index (κ1) is 5.82. The maximum Gasteiger partial charge on any atom is 0.106 e. The lowest BCUT2D eigenvalue weighted by Gasteiger charge is -1.65. The van der Waals surface area contributed by atoms with Crippen molar-refractivity contribution in [3.05, 3.63) is 24.3 Å². The molecular weight excluding hydrogens is 114 g/mol. The van der Waals surface area contributed by atoms with Crippen LogP contribution in [0.15, 0.2) is 24.3 Å². The van der Waals surface area contributed by atoms with Gasteiger partial charge in [0.05, 0.1) is 11.4 Å². The lowest BCUT2D eigenvalue weighted by atomic mass is 10.4. The van der Waals surface area contributed by atoms with Crippen LogP contribution in [0.1, 0.15) is 0 Å². The summed E-state index contributed by atoms with van der Waals surface area (Å²) in [5, 5.41) is 3.09. The van der Waals surface area contributed by atoms with Gasteiger partial charge < -0.3 is 10.1 Å². The zero-order valence-corrected chi connectivity index (χ0v) is 4.92. The summed E-state index contributed by atoms with van der Waals surface area (Å²) in [6.07, 6.45) is 0. The summed E-state index contributed by atoms with van der Waals surface area (Å²) in [5.74, 6) is 0. The number of carbonyl (C=O) groups excluding carboxylic acids is 1. The van der Waals surface area contributed by atoms with E-state index in [9.17, 15) is 0 Å². The Bertz CT molecular complexity index is 189. The molecule has 1 heterocycles. The van der Waals surface area contributed by atoms with Crippen LogP contribution in [0.5, 0.6) is 0 Å². The van der Waals surface area contributed by atoms with Gasteiger partial charge in [0.25, 0.3) is 0 Å². The third-order valence-electron chi connectivity index (χ3n) is 1.13. The van der Waals surface area contributed by atoms with Gasteiger partial charge in [-0.15, -0.1) is 0 Å². The van der Waals surface area contributed by atoms with Crippen molar-refractivity contribution >= 4 is 18.2 Å². The molecule has 0 spiro atoms. The fourth-order valence-electron chi connectivity index (χ4n) is 0.680. The smallest absolute Gasteiger partial charge is 0.106 e. The summed E-state index contributed by atoms with van der Waals surface area (Å²) in [6.45, 7) is 2.00. The van der Waals surface area contributed by atoms with Gasteiger partial charge in [0.15, 0.2) is 0 Å². The minimum atomic E-state index is 1.28. The van der Waals surface area contributed by atoms with Gasteiger partial charge in [-0.1, -0.05) is 12.1 Å². The van der Waals surface area contributed by atoms with Crippen molar-refractivity contribution in [3.63, 3.8) is 0 Å². The molecule has 0 unspecified atom stereocenters. The largest absolute Gasteiger partial charge is 0.352 e. The molecule has 2 nitrogen and oxygen atoms in total. The van der Waals surface area contributed by atoms with E-state index >= 15 is 0 Å². The lowest BCUT2D eigenvalue weighted by Crippen LogP contribution is -1.43. The lowest BCUT2D eigenvalue weighted by molar-refractivity contribution is -0.0979. The predicted octanol–water partition coefficient (Wildman–Crippen LogP) is 1.56. The Morgan fingerprint density at radius 2 is 1.56 bits per heavy atom. The van der Waals surface area contributed by atoms with Crippen molar-refractivity contribution in [1.82, 2.24) is 0 Å². The third kappa shape index (κ3) is 1.08. The van der Waals surface area contributed by atoms with Crippen LogP contribution < -0.4 is 5.32 Å². The summed E-state index contributed by atoms with van der Waals surface area (Å²) in [4.78, 5) is 8.00. The molecule has 0 amide bonds. The summed E-state index contributed by atoms with van der Waals surface area (Å²) in [6, 6.07) is 8.18. The minimum Gasteiger partial charge on any atom is -0.352 e. The van der Waals surface area contributed by atoms with Crippen LogP contribution in [-0.2, 0) is 4.79 Å². The number of hydrogen-bond donors (Lipinski definition) is 1. The average molecular weight is 121 g/mol. The highest BCUT2D eigenvalue weighted by Crippen LogP contribution is 2.36. The molecule has 2 heteroatoms. The van der Waals surface area contributed by atoms with Gasteiger partial charge in [-0.3, -0.25) is 0 Å². The number of carbonyl (C=O) groups is 1. The third-order valence-corrected chi connectivity index (χ3v) is 1.13. The number of fused-ring (bicyclic) bond motifs is 1. The van der Waals surface area contributed by atoms with Gasteiger partial charge in [-0.05, 0) is 12.1 Å². The average Bonchev–Trinajstić information content (AvgIpc) is 2.69. The van der Waals surface area contributed by atoms with Crippen molar-refractivity contribution in [3.8, 4) is 0 Å². The fourth-order valence-corrected chi connectivity index (χ4v) is 0.680. The maximum atomic E-state index is 8.00. The highest BCUT2D eigenvalue weighted by molar-refractivity contribution is 5.89. The molecule has 0 atom stereocenters. The van der Waals surface area contributed by atoms with E-state index in [4.69, 9.17) is 4.79 Å². The Kier molecular flexibility index (Phi) is 1.49. The highest BCUT2D eigenvalue weighted by atomic mass is 16.1. The van der Waals surface area contributed by atoms with Crippen LogP contribution in [0.3, 0.4) is 0 Å². The first-order valence-corrected chi connectivity index (χ1v) is 2.62. The van der Waals surface area contributed by atoms with Gasteiger partial charge in [0, 0.05) is 0 Å². The summed E-state index contributed by atoms with van der Waals surface area (Å²) in [5.41, 5.74) is 2.56. The van der Waals surface area contributed by atoms with E-state index in [1.54, 1.807) is 0 Å². The number of benzene rings is 1. The minimum absolute atomic E-state index is 1.28. The Morgan fingerprint density at radius 3 is 1.89 bits per heavy atom.